The van der Waals surface area contributed by atoms with Gasteiger partial charge < -0.3 is 15.0 Å². The van der Waals surface area contributed by atoms with Gasteiger partial charge in [-0.2, -0.15) is 0 Å². The highest BCUT2D eigenvalue weighted by molar-refractivity contribution is 5.94. The number of nitrogens with one attached hydrogen (secondary N) is 1. The van der Waals surface area contributed by atoms with Gasteiger partial charge in [-0.25, -0.2) is 4.39 Å². The molecule has 1 aromatic carbocycles. The maximum absolute atomic E-state index is 14.1. The molecule has 1 unspecified atom stereocenters. The van der Waals surface area contributed by atoms with E-state index in [4.69, 9.17) is 4.74 Å². The Labute approximate surface area is 125 Å². The minimum absolute atomic E-state index is 0.113. The summed E-state index contributed by atoms with van der Waals surface area (Å²) < 4.78 is 19.0. The SMILES string of the molecule is CCCN(CC1CCCN1)C(=O)c1ccc(OC)cc1F. The molecule has 1 aromatic rings. The van der Waals surface area contributed by atoms with Crippen molar-refractivity contribution in [2.24, 2.45) is 0 Å². The summed E-state index contributed by atoms with van der Waals surface area (Å²) in [5, 5.41) is 3.38. The van der Waals surface area contributed by atoms with Gasteiger partial charge >= 0.3 is 0 Å². The van der Waals surface area contributed by atoms with Crippen LogP contribution in [-0.4, -0.2) is 43.6 Å². The van der Waals surface area contributed by atoms with Gasteiger partial charge in [0.2, 0.25) is 0 Å². The van der Waals surface area contributed by atoms with Gasteiger partial charge in [0.1, 0.15) is 11.6 Å². The Kier molecular flexibility index (Phi) is 5.56. The molecule has 0 aliphatic carbocycles. The van der Waals surface area contributed by atoms with E-state index >= 15 is 0 Å². The molecule has 1 amide bonds. The average Bonchev–Trinajstić information content (AvgIpc) is 2.99. The van der Waals surface area contributed by atoms with Crippen molar-refractivity contribution in [1.29, 1.82) is 0 Å². The van der Waals surface area contributed by atoms with Crippen LogP contribution >= 0.6 is 0 Å². The number of carbonyl (C=O) groups excluding carboxylic acids is 1. The van der Waals surface area contributed by atoms with Crippen molar-refractivity contribution in [3.8, 4) is 5.75 Å². The Morgan fingerprint density at radius 2 is 2.33 bits per heavy atom. The Hall–Kier alpha value is -1.62. The molecule has 1 atom stereocenters. The van der Waals surface area contributed by atoms with Crippen LogP contribution in [0, 0.1) is 5.82 Å². The van der Waals surface area contributed by atoms with Gasteiger partial charge in [-0.15, -0.1) is 0 Å². The van der Waals surface area contributed by atoms with E-state index in [2.05, 4.69) is 5.32 Å². The molecule has 5 heteroatoms. The topological polar surface area (TPSA) is 41.6 Å². The smallest absolute Gasteiger partial charge is 0.256 e. The molecule has 1 heterocycles. The lowest BCUT2D eigenvalue weighted by atomic mass is 10.1. The number of methoxy groups -OCH3 is 1. The number of hydrogen-bond acceptors (Lipinski definition) is 3. The van der Waals surface area contributed by atoms with Gasteiger partial charge in [-0.05, 0) is 37.9 Å². The van der Waals surface area contributed by atoms with E-state index < -0.39 is 5.82 Å². The van der Waals surface area contributed by atoms with Crippen molar-refractivity contribution >= 4 is 5.91 Å². The molecule has 1 aliphatic rings. The van der Waals surface area contributed by atoms with E-state index in [1.54, 1.807) is 11.0 Å². The van der Waals surface area contributed by atoms with Crippen molar-refractivity contribution in [2.75, 3.05) is 26.7 Å². The fourth-order valence-electron chi connectivity index (χ4n) is 2.69. The van der Waals surface area contributed by atoms with Gasteiger partial charge in [0.05, 0.1) is 12.7 Å². The van der Waals surface area contributed by atoms with E-state index in [1.165, 1.54) is 19.2 Å². The second-order valence-corrected chi connectivity index (χ2v) is 5.39. The lowest BCUT2D eigenvalue weighted by Crippen LogP contribution is -2.41. The molecule has 1 fully saturated rings. The number of hydrogen-bond donors (Lipinski definition) is 1. The maximum atomic E-state index is 14.1. The first kappa shape index (κ1) is 15.8. The van der Waals surface area contributed by atoms with Gasteiger partial charge in [0.25, 0.3) is 5.91 Å². The molecule has 116 valence electrons. The Morgan fingerprint density at radius 3 is 2.90 bits per heavy atom. The van der Waals surface area contributed by atoms with Crippen molar-refractivity contribution in [1.82, 2.24) is 10.2 Å². The number of rotatable bonds is 6. The monoisotopic (exact) mass is 294 g/mol. The Balaban J connectivity index is 2.13. The summed E-state index contributed by atoms with van der Waals surface area (Å²) in [6, 6.07) is 4.70. The van der Waals surface area contributed by atoms with Crippen LogP contribution in [0.15, 0.2) is 18.2 Å². The number of carbonyl (C=O) groups is 1. The number of ether oxygens (including phenoxy) is 1. The van der Waals surface area contributed by atoms with Crippen LogP contribution in [0.5, 0.6) is 5.75 Å². The number of amides is 1. The second-order valence-electron chi connectivity index (χ2n) is 5.39. The van der Waals surface area contributed by atoms with Crippen LogP contribution in [0.3, 0.4) is 0 Å². The van der Waals surface area contributed by atoms with Crippen molar-refractivity contribution in [3.05, 3.63) is 29.6 Å². The molecule has 0 spiro atoms. The summed E-state index contributed by atoms with van der Waals surface area (Å²) in [6.07, 6.45) is 3.06. The summed E-state index contributed by atoms with van der Waals surface area (Å²) >= 11 is 0. The van der Waals surface area contributed by atoms with E-state index in [0.717, 1.165) is 25.8 Å². The molecule has 1 N–H and O–H groups in total. The first-order chi connectivity index (χ1) is 10.2. The number of benzene rings is 1. The molecule has 0 bridgehead atoms. The zero-order chi connectivity index (χ0) is 15.2. The number of nitrogens with zero attached hydrogens (tertiary/aromatic N) is 1. The molecule has 0 aromatic heterocycles. The third kappa shape index (κ3) is 3.94. The minimum Gasteiger partial charge on any atom is -0.497 e. The predicted octanol–water partition coefficient (Wildman–Crippen LogP) is 2.44. The molecule has 4 nitrogen and oxygen atoms in total. The molecular weight excluding hydrogens is 271 g/mol. The fourth-order valence-corrected chi connectivity index (χ4v) is 2.69. The van der Waals surface area contributed by atoms with Gasteiger partial charge in [-0.3, -0.25) is 4.79 Å². The van der Waals surface area contributed by atoms with Crippen molar-refractivity contribution in [3.63, 3.8) is 0 Å². The van der Waals surface area contributed by atoms with E-state index in [1.807, 2.05) is 6.92 Å². The molecule has 2 rings (SSSR count). The summed E-state index contributed by atoms with van der Waals surface area (Å²) in [4.78, 5) is 14.3. The molecule has 0 saturated carbocycles. The first-order valence-corrected chi connectivity index (χ1v) is 7.52. The van der Waals surface area contributed by atoms with Gasteiger partial charge in [0, 0.05) is 25.2 Å². The average molecular weight is 294 g/mol. The molecule has 1 aliphatic heterocycles. The Morgan fingerprint density at radius 1 is 1.52 bits per heavy atom. The Bertz CT molecular complexity index is 487. The number of halogens is 1. The standard InChI is InChI=1S/C16H23FN2O2/c1-3-9-19(11-12-5-4-8-18-12)16(20)14-7-6-13(21-2)10-15(14)17/h6-7,10,12,18H,3-5,8-9,11H2,1-2H3. The van der Waals surface area contributed by atoms with Crippen LogP contribution < -0.4 is 10.1 Å². The fraction of sp³-hybridized carbons (Fsp3) is 0.562. The van der Waals surface area contributed by atoms with E-state index in [9.17, 15) is 9.18 Å². The maximum Gasteiger partial charge on any atom is 0.256 e. The van der Waals surface area contributed by atoms with Crippen molar-refractivity contribution in [2.45, 2.75) is 32.2 Å². The highest BCUT2D eigenvalue weighted by atomic mass is 19.1. The summed E-state index contributed by atoms with van der Waals surface area (Å²) in [7, 11) is 1.48. The van der Waals surface area contributed by atoms with Crippen LogP contribution in [0.1, 0.15) is 36.5 Å². The summed E-state index contributed by atoms with van der Waals surface area (Å²) in [5.74, 6) is -0.353. The normalized spacial score (nSPS) is 17.8. The quantitative estimate of drug-likeness (QED) is 0.876. The van der Waals surface area contributed by atoms with Crippen LogP contribution in [0.25, 0.3) is 0 Å². The first-order valence-electron chi connectivity index (χ1n) is 7.52. The van der Waals surface area contributed by atoms with E-state index in [-0.39, 0.29) is 11.5 Å². The summed E-state index contributed by atoms with van der Waals surface area (Å²) in [6.45, 7) is 4.29. The highest BCUT2D eigenvalue weighted by Crippen LogP contribution is 2.19. The van der Waals surface area contributed by atoms with Crippen LogP contribution in [0.2, 0.25) is 0 Å². The molecular formula is C16H23FN2O2. The second kappa shape index (κ2) is 7.41. The zero-order valence-electron chi connectivity index (χ0n) is 12.7. The van der Waals surface area contributed by atoms with Gasteiger partial charge in [-0.1, -0.05) is 6.92 Å². The largest absolute Gasteiger partial charge is 0.497 e. The minimum atomic E-state index is -0.528. The third-order valence-electron chi connectivity index (χ3n) is 3.79. The lowest BCUT2D eigenvalue weighted by Gasteiger charge is -2.25. The molecule has 0 radical (unpaired) electrons. The van der Waals surface area contributed by atoms with Gasteiger partial charge in [0.15, 0.2) is 0 Å². The lowest BCUT2D eigenvalue weighted by molar-refractivity contribution is 0.0737. The van der Waals surface area contributed by atoms with E-state index in [0.29, 0.717) is 24.9 Å². The van der Waals surface area contributed by atoms with Crippen LogP contribution in [-0.2, 0) is 0 Å². The van der Waals surface area contributed by atoms with Crippen molar-refractivity contribution < 1.29 is 13.9 Å². The predicted molar refractivity (Wildman–Crippen MR) is 80.2 cm³/mol. The molecule has 21 heavy (non-hydrogen) atoms. The zero-order valence-corrected chi connectivity index (χ0v) is 12.7. The van der Waals surface area contributed by atoms with Crippen LogP contribution in [0.4, 0.5) is 4.39 Å². The third-order valence-corrected chi connectivity index (χ3v) is 3.79. The molecule has 1 saturated heterocycles. The highest BCUT2D eigenvalue weighted by Gasteiger charge is 2.23. The summed E-state index contributed by atoms with van der Waals surface area (Å²) in [5.41, 5.74) is 0.113.